The van der Waals surface area contributed by atoms with Crippen LogP contribution in [0.5, 0.6) is 0 Å². The highest BCUT2D eigenvalue weighted by molar-refractivity contribution is 7.25. The second-order valence-electron chi connectivity index (χ2n) is 16.5. The minimum Gasteiger partial charge on any atom is -0.310 e. The summed E-state index contributed by atoms with van der Waals surface area (Å²) < 4.78 is 5.06. The minimum atomic E-state index is 1.11. The summed E-state index contributed by atoms with van der Waals surface area (Å²) in [6, 6.07) is 84.8. The molecule has 0 aliphatic heterocycles. The number of hydrogen-bond donors (Lipinski definition) is 0. The molecule has 0 fully saturated rings. The number of thiophene rings is 1. The molecule has 3 aromatic heterocycles. The van der Waals surface area contributed by atoms with E-state index in [2.05, 4.69) is 240 Å². The fourth-order valence-corrected chi connectivity index (χ4v) is 11.1. The van der Waals surface area contributed by atoms with Gasteiger partial charge in [-0.2, -0.15) is 0 Å². The number of para-hydroxylation sites is 1. The Morgan fingerprint density at radius 2 is 0.921 bits per heavy atom. The van der Waals surface area contributed by atoms with Crippen LogP contribution in [0.3, 0.4) is 0 Å². The average molecular weight is 819 g/mol. The summed E-state index contributed by atoms with van der Waals surface area (Å²) in [4.78, 5) is 2.41. The van der Waals surface area contributed by atoms with E-state index in [1.807, 2.05) is 11.3 Å². The number of hydrogen-bond acceptors (Lipinski definition) is 2. The van der Waals surface area contributed by atoms with Gasteiger partial charge in [0, 0.05) is 53.6 Å². The summed E-state index contributed by atoms with van der Waals surface area (Å²) in [5.74, 6) is 0. The normalized spacial score (nSPS) is 11.8. The molecular weight excluding hydrogens is 781 g/mol. The Labute approximate surface area is 368 Å². The van der Waals surface area contributed by atoms with Gasteiger partial charge < -0.3 is 9.30 Å². The molecule has 0 bridgehead atoms. The molecule has 2 nitrogen and oxygen atoms in total. The van der Waals surface area contributed by atoms with Gasteiger partial charge in [-0.25, -0.2) is 0 Å². The minimum absolute atomic E-state index is 1.11. The first-order chi connectivity index (χ1) is 31.2. The van der Waals surface area contributed by atoms with Crippen molar-refractivity contribution >= 4 is 97.4 Å². The topological polar surface area (TPSA) is 7.65 Å². The molecule has 0 aliphatic rings. The second kappa shape index (κ2) is 14.3. The fraction of sp³-hybridized carbons (Fsp3) is 0. The van der Waals surface area contributed by atoms with Crippen LogP contribution < -0.4 is 4.90 Å². The van der Waals surface area contributed by atoms with Crippen molar-refractivity contribution in [3.63, 3.8) is 0 Å². The number of aromatic nitrogens is 1. The molecule has 0 atom stereocenters. The first-order valence-electron chi connectivity index (χ1n) is 21.6. The van der Waals surface area contributed by atoms with Gasteiger partial charge >= 0.3 is 0 Å². The van der Waals surface area contributed by atoms with Crippen molar-refractivity contribution in [3.05, 3.63) is 231 Å². The van der Waals surface area contributed by atoms with E-state index in [0.717, 1.165) is 17.1 Å². The van der Waals surface area contributed by atoms with Gasteiger partial charge in [0.25, 0.3) is 0 Å². The molecule has 0 amide bonds. The molecular formula is C60H38N2S. The summed E-state index contributed by atoms with van der Waals surface area (Å²) >= 11 is 1.86. The van der Waals surface area contributed by atoms with Crippen molar-refractivity contribution in [3.8, 4) is 33.4 Å². The first-order valence-corrected chi connectivity index (χ1v) is 22.4. The van der Waals surface area contributed by atoms with Crippen molar-refractivity contribution < 1.29 is 0 Å². The number of nitrogens with zero attached hydrogens (tertiary/aromatic N) is 2. The van der Waals surface area contributed by atoms with Gasteiger partial charge in [-0.1, -0.05) is 158 Å². The zero-order chi connectivity index (χ0) is 41.4. The van der Waals surface area contributed by atoms with Crippen LogP contribution in [0.15, 0.2) is 231 Å². The van der Waals surface area contributed by atoms with Crippen molar-refractivity contribution in [1.82, 2.24) is 4.40 Å². The third-order valence-corrected chi connectivity index (χ3v) is 14.1. The van der Waals surface area contributed by atoms with Crippen molar-refractivity contribution in [1.29, 1.82) is 0 Å². The molecule has 0 aliphatic carbocycles. The molecule has 0 saturated heterocycles. The summed E-state index contributed by atoms with van der Waals surface area (Å²) in [5, 5.41) is 10.1. The third kappa shape index (κ3) is 5.78. The Balaban J connectivity index is 0.913. The van der Waals surface area contributed by atoms with Crippen LogP contribution >= 0.6 is 11.3 Å². The number of rotatable bonds is 6. The van der Waals surface area contributed by atoms with Crippen LogP contribution in [0.25, 0.3) is 102 Å². The number of anilines is 3. The summed E-state index contributed by atoms with van der Waals surface area (Å²) in [6.45, 7) is 0. The molecule has 0 radical (unpaired) electrons. The van der Waals surface area contributed by atoms with Crippen LogP contribution in [0.4, 0.5) is 17.1 Å². The maximum atomic E-state index is 2.45. The monoisotopic (exact) mass is 818 g/mol. The van der Waals surface area contributed by atoms with Gasteiger partial charge in [-0.3, -0.25) is 0 Å². The van der Waals surface area contributed by atoms with Crippen molar-refractivity contribution in [2.75, 3.05) is 4.90 Å². The quantitative estimate of drug-likeness (QED) is 0.152. The Morgan fingerprint density at radius 3 is 1.83 bits per heavy atom. The number of pyridine rings is 1. The first kappa shape index (κ1) is 35.7. The van der Waals surface area contributed by atoms with E-state index in [1.54, 1.807) is 0 Å². The van der Waals surface area contributed by atoms with Crippen LogP contribution in [-0.2, 0) is 0 Å². The second-order valence-corrected chi connectivity index (χ2v) is 17.6. The molecule has 3 heteroatoms. The van der Waals surface area contributed by atoms with E-state index in [9.17, 15) is 0 Å². The lowest BCUT2D eigenvalue weighted by atomic mass is 9.96. The van der Waals surface area contributed by atoms with Crippen LogP contribution in [0.1, 0.15) is 0 Å². The fourth-order valence-electron chi connectivity index (χ4n) is 10.0. The molecule has 13 rings (SSSR count). The lowest BCUT2D eigenvalue weighted by Gasteiger charge is -2.26. The van der Waals surface area contributed by atoms with E-state index in [-0.39, 0.29) is 0 Å². The third-order valence-electron chi connectivity index (χ3n) is 12.9. The van der Waals surface area contributed by atoms with E-state index in [0.29, 0.717) is 0 Å². The van der Waals surface area contributed by atoms with Gasteiger partial charge in [-0.15, -0.1) is 11.3 Å². The highest BCUT2D eigenvalue weighted by Crippen LogP contribution is 2.43. The van der Waals surface area contributed by atoms with Crippen LogP contribution in [-0.4, -0.2) is 4.40 Å². The smallest absolute Gasteiger partial charge is 0.0547 e. The molecule has 63 heavy (non-hydrogen) atoms. The molecule has 10 aromatic carbocycles. The van der Waals surface area contributed by atoms with Gasteiger partial charge in [-0.05, 0) is 122 Å². The Hall–Kier alpha value is -7.98. The predicted octanol–water partition coefficient (Wildman–Crippen LogP) is 17.4. The van der Waals surface area contributed by atoms with E-state index in [4.69, 9.17) is 0 Å². The number of fused-ring (bicyclic) bond motifs is 11. The molecule has 0 spiro atoms. The molecule has 0 unspecified atom stereocenters. The zero-order valence-corrected chi connectivity index (χ0v) is 35.1. The molecule has 3 heterocycles. The summed E-state index contributed by atoms with van der Waals surface area (Å²) in [7, 11) is 0. The van der Waals surface area contributed by atoms with Crippen LogP contribution in [0, 0.1) is 0 Å². The Bertz CT molecular complexity index is 3910. The lowest BCUT2D eigenvalue weighted by molar-refractivity contribution is 1.30. The van der Waals surface area contributed by atoms with Gasteiger partial charge in [0.15, 0.2) is 0 Å². The van der Waals surface area contributed by atoms with Crippen molar-refractivity contribution in [2.45, 2.75) is 0 Å². The van der Waals surface area contributed by atoms with Gasteiger partial charge in [0.2, 0.25) is 0 Å². The van der Waals surface area contributed by atoms with Gasteiger partial charge in [0.1, 0.15) is 0 Å². The van der Waals surface area contributed by atoms with Crippen molar-refractivity contribution in [2.24, 2.45) is 0 Å². The maximum absolute atomic E-state index is 2.45. The van der Waals surface area contributed by atoms with E-state index < -0.39 is 0 Å². The van der Waals surface area contributed by atoms with Crippen LogP contribution in [0.2, 0.25) is 0 Å². The average Bonchev–Trinajstić information content (AvgIpc) is 3.90. The predicted molar refractivity (Wildman–Crippen MR) is 271 cm³/mol. The highest BCUT2D eigenvalue weighted by atomic mass is 32.1. The van der Waals surface area contributed by atoms with E-state index >= 15 is 0 Å². The number of benzene rings is 10. The Morgan fingerprint density at radius 1 is 0.302 bits per heavy atom. The Kier molecular flexibility index (Phi) is 8.12. The van der Waals surface area contributed by atoms with E-state index in [1.165, 1.54) is 102 Å². The lowest BCUT2D eigenvalue weighted by Crippen LogP contribution is -2.09. The summed E-state index contributed by atoms with van der Waals surface area (Å²) in [6.07, 6.45) is 0. The summed E-state index contributed by atoms with van der Waals surface area (Å²) in [5.41, 5.74) is 14.3. The standard InChI is InChI=1S/C60H38N2S/c1-2-13-41(14-3-1)60-53-19-6-8-21-56(53)62-55-22-11-20-49(51(55)33-34-57(60)62)43-16-10-15-42(36-43)39-26-28-45(29-27-39)61(47-31-35-59-54(38-47)52-18-7-9-23-58(52)63-59)46-30-32-50-44(37-46)25-24-40-12-4-5-17-48(40)50/h1-38H. The molecule has 13 aromatic rings. The highest BCUT2D eigenvalue weighted by Gasteiger charge is 2.19. The molecule has 0 saturated carbocycles. The SMILES string of the molecule is c1ccc(-c2c3ccccc3n3c2ccc2c(-c4cccc(-c5ccc(N(c6ccc7c(ccc8ccccc87)c6)c6ccc7sc8ccccc8c7c6)cc5)c4)cccc23)cc1. The molecule has 294 valence electrons. The maximum Gasteiger partial charge on any atom is 0.0547 e. The zero-order valence-electron chi connectivity index (χ0n) is 34.2. The van der Waals surface area contributed by atoms with Gasteiger partial charge in [0.05, 0.1) is 16.6 Å². The largest absolute Gasteiger partial charge is 0.310 e. The molecule has 0 N–H and O–H groups in total.